The third-order valence-corrected chi connectivity index (χ3v) is 6.16. The molecule has 1 aromatic heterocycles. The molecule has 1 heterocycles. The molecule has 6 nitrogen and oxygen atoms in total. The number of nitrogens with two attached hydrogens (primary N) is 2. The highest BCUT2D eigenvalue weighted by molar-refractivity contribution is 6.30. The Labute approximate surface area is 211 Å². The zero-order chi connectivity index (χ0) is 22.0. The molecule has 33 heavy (non-hydrogen) atoms. The van der Waals surface area contributed by atoms with E-state index in [-0.39, 0.29) is 42.7 Å². The SMILES string of the molecule is Cc1ccc2nc(C=Cc3ccc(Cl)cc3)nc([C@H]3CCCC[C@H]3N(N)C(=N)N)c2c1.Cl.Cl. The molecule has 2 atom stereocenters. The summed E-state index contributed by atoms with van der Waals surface area (Å²) < 4.78 is 0. The second-order valence-corrected chi connectivity index (χ2v) is 8.56. The number of nitrogens with one attached hydrogen (secondary N) is 1. The number of aromatic nitrogens is 2. The van der Waals surface area contributed by atoms with Crippen molar-refractivity contribution < 1.29 is 0 Å². The van der Waals surface area contributed by atoms with E-state index in [2.05, 4.69) is 19.1 Å². The highest BCUT2D eigenvalue weighted by atomic mass is 35.5. The number of nitrogens with zero attached hydrogens (tertiary/aromatic N) is 3. The monoisotopic (exact) mass is 506 g/mol. The Morgan fingerprint density at radius 1 is 1.06 bits per heavy atom. The van der Waals surface area contributed by atoms with Crippen LogP contribution in [0.4, 0.5) is 0 Å². The summed E-state index contributed by atoms with van der Waals surface area (Å²) >= 11 is 5.99. The minimum atomic E-state index is -0.116. The number of aryl methyl sites for hydroxylation is 1. The Balaban J connectivity index is 0.00000193. The van der Waals surface area contributed by atoms with Gasteiger partial charge in [0.15, 0.2) is 5.82 Å². The van der Waals surface area contributed by atoms with Gasteiger partial charge in [-0.2, -0.15) is 0 Å². The highest BCUT2D eigenvalue weighted by Gasteiger charge is 2.33. The summed E-state index contributed by atoms with van der Waals surface area (Å²) in [6.45, 7) is 2.07. The van der Waals surface area contributed by atoms with Gasteiger partial charge in [0.1, 0.15) is 0 Å². The van der Waals surface area contributed by atoms with Gasteiger partial charge in [0.2, 0.25) is 5.96 Å². The van der Waals surface area contributed by atoms with E-state index in [1.165, 1.54) is 5.01 Å². The lowest BCUT2D eigenvalue weighted by Gasteiger charge is -2.37. The largest absolute Gasteiger partial charge is 0.369 e. The van der Waals surface area contributed by atoms with E-state index in [9.17, 15) is 0 Å². The first-order valence-electron chi connectivity index (χ1n) is 10.5. The highest BCUT2D eigenvalue weighted by Crippen LogP contribution is 2.37. The normalized spacial score (nSPS) is 17.9. The van der Waals surface area contributed by atoms with Crippen LogP contribution in [0.2, 0.25) is 5.02 Å². The van der Waals surface area contributed by atoms with Crippen LogP contribution in [0, 0.1) is 12.3 Å². The number of hydrogen-bond donors (Lipinski definition) is 3. The van der Waals surface area contributed by atoms with Crippen LogP contribution in [0.15, 0.2) is 42.5 Å². The molecular weight excluding hydrogens is 479 g/mol. The topological polar surface area (TPSA) is 105 Å². The first-order valence-corrected chi connectivity index (χ1v) is 10.9. The molecule has 4 rings (SSSR count). The average molecular weight is 508 g/mol. The van der Waals surface area contributed by atoms with E-state index in [0.29, 0.717) is 10.8 Å². The Morgan fingerprint density at radius 2 is 1.76 bits per heavy atom. The molecule has 0 aliphatic heterocycles. The third kappa shape index (κ3) is 6.15. The van der Waals surface area contributed by atoms with E-state index in [4.69, 9.17) is 38.6 Å². The molecule has 176 valence electrons. The van der Waals surface area contributed by atoms with Gasteiger partial charge in [0.25, 0.3) is 0 Å². The van der Waals surface area contributed by atoms with Gasteiger partial charge in [-0.05, 0) is 55.7 Å². The van der Waals surface area contributed by atoms with E-state index >= 15 is 0 Å². The summed E-state index contributed by atoms with van der Waals surface area (Å²) in [5, 5.41) is 11.0. The van der Waals surface area contributed by atoms with Crippen LogP contribution in [-0.2, 0) is 0 Å². The van der Waals surface area contributed by atoms with Crippen molar-refractivity contribution in [3.63, 3.8) is 0 Å². The van der Waals surface area contributed by atoms with Gasteiger partial charge in [-0.1, -0.05) is 54.3 Å². The molecule has 3 aromatic rings. The quantitative estimate of drug-likeness (QED) is 0.182. The first-order chi connectivity index (χ1) is 14.9. The predicted octanol–water partition coefficient (Wildman–Crippen LogP) is 5.70. The molecule has 9 heteroatoms. The lowest BCUT2D eigenvalue weighted by atomic mass is 9.80. The molecule has 0 amide bonds. The van der Waals surface area contributed by atoms with Crippen molar-refractivity contribution in [1.29, 1.82) is 5.41 Å². The predicted molar refractivity (Wildman–Crippen MR) is 142 cm³/mol. The Morgan fingerprint density at radius 3 is 2.45 bits per heavy atom. The van der Waals surface area contributed by atoms with Crippen LogP contribution < -0.4 is 11.6 Å². The van der Waals surface area contributed by atoms with E-state index in [1.807, 2.05) is 42.5 Å². The van der Waals surface area contributed by atoms with Crippen molar-refractivity contribution in [2.75, 3.05) is 0 Å². The summed E-state index contributed by atoms with van der Waals surface area (Å²) in [5.41, 5.74) is 9.79. The summed E-state index contributed by atoms with van der Waals surface area (Å²) in [7, 11) is 0. The lowest BCUT2D eigenvalue weighted by molar-refractivity contribution is 0.212. The molecular formula is C24H29Cl3N6. The maximum atomic E-state index is 7.83. The summed E-state index contributed by atoms with van der Waals surface area (Å²) in [4.78, 5) is 9.75. The minimum absolute atomic E-state index is 0. The van der Waals surface area contributed by atoms with E-state index in [0.717, 1.165) is 53.4 Å². The Kier molecular flexibility index (Phi) is 9.49. The van der Waals surface area contributed by atoms with Crippen molar-refractivity contribution in [3.8, 4) is 0 Å². The molecule has 1 fully saturated rings. The van der Waals surface area contributed by atoms with Crippen LogP contribution in [0.3, 0.4) is 0 Å². The Bertz CT molecular complexity index is 1130. The second-order valence-electron chi connectivity index (χ2n) is 8.12. The number of fused-ring (bicyclic) bond motifs is 1. The summed E-state index contributed by atoms with van der Waals surface area (Å²) in [5.74, 6) is 6.81. The molecule has 2 aromatic carbocycles. The number of hydrogen-bond acceptors (Lipinski definition) is 4. The molecule has 0 radical (unpaired) electrons. The van der Waals surface area contributed by atoms with E-state index in [1.54, 1.807) is 0 Å². The van der Waals surface area contributed by atoms with Crippen molar-refractivity contribution in [3.05, 3.63) is 70.1 Å². The molecule has 5 N–H and O–H groups in total. The lowest BCUT2D eigenvalue weighted by Crippen LogP contribution is -2.52. The van der Waals surface area contributed by atoms with Gasteiger partial charge >= 0.3 is 0 Å². The van der Waals surface area contributed by atoms with Gasteiger partial charge < -0.3 is 5.73 Å². The van der Waals surface area contributed by atoms with E-state index < -0.39 is 0 Å². The summed E-state index contributed by atoms with van der Waals surface area (Å²) in [6.07, 6.45) is 7.90. The van der Waals surface area contributed by atoms with Gasteiger partial charge in [0.05, 0.1) is 17.3 Å². The van der Waals surface area contributed by atoms with Gasteiger partial charge in [0, 0.05) is 16.3 Å². The fourth-order valence-electron chi connectivity index (χ4n) is 4.33. The molecule has 0 saturated heterocycles. The smallest absolute Gasteiger partial charge is 0.203 e. The van der Waals surface area contributed by atoms with Crippen LogP contribution in [0.5, 0.6) is 0 Å². The molecule has 0 unspecified atom stereocenters. The fraction of sp³-hybridized carbons (Fsp3) is 0.292. The summed E-state index contributed by atoms with van der Waals surface area (Å²) in [6, 6.07) is 13.8. The zero-order valence-electron chi connectivity index (χ0n) is 18.4. The maximum Gasteiger partial charge on any atom is 0.203 e. The average Bonchev–Trinajstić information content (AvgIpc) is 2.77. The number of rotatable bonds is 4. The number of guanidine groups is 1. The standard InChI is InChI=1S/C24H27ClN6.2ClH/c1-15-6-12-20-19(14-15)23(18-4-2-3-5-21(18)31(28)24(26)27)30-22(29-20)13-9-16-7-10-17(25)11-8-16;;/h6-14,18,21H,2-5,28H2,1H3,(H3,26,27);2*1H/t18-,21+;;/m0../s1. The number of halogens is 3. The maximum absolute atomic E-state index is 7.83. The molecule has 0 bridgehead atoms. The van der Waals surface area contributed by atoms with Crippen LogP contribution in [-0.4, -0.2) is 27.0 Å². The fourth-order valence-corrected chi connectivity index (χ4v) is 4.45. The zero-order valence-corrected chi connectivity index (χ0v) is 20.8. The van der Waals surface area contributed by atoms with Crippen molar-refractivity contribution >= 4 is 65.4 Å². The third-order valence-electron chi connectivity index (χ3n) is 5.91. The second kappa shape index (κ2) is 11.7. The van der Waals surface area contributed by atoms with Gasteiger partial charge in [-0.25, -0.2) is 15.8 Å². The van der Waals surface area contributed by atoms with Gasteiger partial charge in [-0.3, -0.25) is 10.4 Å². The Hall–Kier alpha value is -2.38. The van der Waals surface area contributed by atoms with Crippen molar-refractivity contribution in [1.82, 2.24) is 15.0 Å². The van der Waals surface area contributed by atoms with Crippen molar-refractivity contribution in [2.45, 2.75) is 44.6 Å². The van der Waals surface area contributed by atoms with Gasteiger partial charge in [-0.15, -0.1) is 24.8 Å². The van der Waals surface area contributed by atoms with Crippen LogP contribution in [0.1, 0.15) is 54.2 Å². The molecule has 0 spiro atoms. The number of hydrazine groups is 1. The van der Waals surface area contributed by atoms with Crippen LogP contribution in [0.25, 0.3) is 23.1 Å². The van der Waals surface area contributed by atoms with Crippen molar-refractivity contribution in [2.24, 2.45) is 11.6 Å². The van der Waals surface area contributed by atoms with Crippen LogP contribution >= 0.6 is 36.4 Å². The molecule has 1 aliphatic carbocycles. The first kappa shape index (κ1) is 26.9. The number of benzene rings is 2. The molecule has 1 saturated carbocycles. The molecule has 1 aliphatic rings. The minimum Gasteiger partial charge on any atom is -0.369 e.